The number of para-hydroxylation sites is 1. The highest BCUT2D eigenvalue weighted by Gasteiger charge is 2.33. The first-order valence-corrected chi connectivity index (χ1v) is 14.3. The van der Waals surface area contributed by atoms with Crippen LogP contribution < -0.4 is 4.74 Å². The predicted molar refractivity (Wildman–Crippen MR) is 143 cm³/mol. The fraction of sp³-hybridized carbons (Fsp3) is 0.269. The lowest BCUT2D eigenvalue weighted by Gasteiger charge is -2.35. The summed E-state index contributed by atoms with van der Waals surface area (Å²) in [5.74, 6) is 0.526. The number of carbonyl (C=O) groups is 1. The van der Waals surface area contributed by atoms with E-state index in [-0.39, 0.29) is 23.9 Å². The SMILES string of the molecule is CC(Oc1ccccc1Cc1ccccc1)C(=O)N1CCN(S(=O)(=O)c2cc(Br)ccc2Br)CC1. The van der Waals surface area contributed by atoms with E-state index in [1.807, 2.05) is 42.5 Å². The Bertz CT molecular complexity index is 1290. The number of carbonyl (C=O) groups excluding carboxylic acids is 1. The number of benzene rings is 3. The first-order valence-electron chi connectivity index (χ1n) is 11.3. The molecule has 1 atom stereocenters. The van der Waals surface area contributed by atoms with Crippen LogP contribution in [0.4, 0.5) is 0 Å². The van der Waals surface area contributed by atoms with Crippen LogP contribution >= 0.6 is 31.9 Å². The highest BCUT2D eigenvalue weighted by atomic mass is 79.9. The molecular formula is C26H26Br2N2O4S. The summed E-state index contributed by atoms with van der Waals surface area (Å²) in [7, 11) is -3.68. The molecule has 6 nitrogen and oxygen atoms in total. The van der Waals surface area contributed by atoms with Gasteiger partial charge in [-0.15, -0.1) is 0 Å². The van der Waals surface area contributed by atoms with E-state index in [0.29, 0.717) is 34.2 Å². The van der Waals surface area contributed by atoms with Crippen LogP contribution in [0.5, 0.6) is 5.75 Å². The summed E-state index contributed by atoms with van der Waals surface area (Å²) in [5, 5.41) is 0. The van der Waals surface area contributed by atoms with Crippen molar-refractivity contribution in [3.05, 3.63) is 92.9 Å². The number of hydrogen-bond acceptors (Lipinski definition) is 4. The highest BCUT2D eigenvalue weighted by Crippen LogP contribution is 2.29. The maximum absolute atomic E-state index is 13.1. The molecule has 0 bridgehead atoms. The van der Waals surface area contributed by atoms with Gasteiger partial charge in [0.1, 0.15) is 5.75 Å². The molecule has 9 heteroatoms. The van der Waals surface area contributed by atoms with E-state index in [4.69, 9.17) is 4.74 Å². The van der Waals surface area contributed by atoms with E-state index in [9.17, 15) is 13.2 Å². The van der Waals surface area contributed by atoms with Crippen LogP contribution in [0, 0.1) is 0 Å². The van der Waals surface area contributed by atoms with Gasteiger partial charge in [-0.1, -0.05) is 64.5 Å². The molecule has 0 spiro atoms. The molecule has 3 aromatic carbocycles. The highest BCUT2D eigenvalue weighted by molar-refractivity contribution is 9.11. The maximum atomic E-state index is 13.1. The number of nitrogens with zero attached hydrogens (tertiary/aromatic N) is 2. The number of ether oxygens (including phenoxy) is 1. The Kier molecular flexibility index (Phi) is 8.31. The molecule has 35 heavy (non-hydrogen) atoms. The fourth-order valence-electron chi connectivity index (χ4n) is 4.04. The van der Waals surface area contributed by atoms with Gasteiger partial charge in [0.25, 0.3) is 5.91 Å². The van der Waals surface area contributed by atoms with Crippen LogP contribution in [0.25, 0.3) is 0 Å². The Morgan fingerprint density at radius 1 is 0.943 bits per heavy atom. The van der Waals surface area contributed by atoms with Gasteiger partial charge < -0.3 is 9.64 Å². The number of rotatable bonds is 7. The Morgan fingerprint density at radius 2 is 1.60 bits per heavy atom. The monoisotopic (exact) mass is 620 g/mol. The summed E-state index contributed by atoms with van der Waals surface area (Å²) in [6.07, 6.45) is 0.0221. The predicted octanol–water partition coefficient (Wildman–Crippen LogP) is 5.10. The molecule has 0 saturated carbocycles. The summed E-state index contributed by atoms with van der Waals surface area (Å²) in [6.45, 7) is 2.81. The maximum Gasteiger partial charge on any atom is 0.263 e. The minimum absolute atomic E-state index is 0.153. The smallest absolute Gasteiger partial charge is 0.263 e. The van der Waals surface area contributed by atoms with Gasteiger partial charge >= 0.3 is 0 Å². The molecule has 1 amide bonds. The Labute approximate surface area is 223 Å². The van der Waals surface area contributed by atoms with Crippen molar-refractivity contribution in [2.45, 2.75) is 24.3 Å². The van der Waals surface area contributed by atoms with E-state index >= 15 is 0 Å². The Balaban J connectivity index is 1.39. The van der Waals surface area contributed by atoms with Crippen LogP contribution in [0.15, 0.2) is 86.6 Å². The van der Waals surface area contributed by atoms with Gasteiger partial charge in [0, 0.05) is 41.5 Å². The van der Waals surface area contributed by atoms with Crippen LogP contribution in [0.3, 0.4) is 0 Å². The van der Waals surface area contributed by atoms with Gasteiger partial charge in [-0.2, -0.15) is 4.31 Å². The fourth-order valence-corrected chi connectivity index (χ4v) is 6.93. The Morgan fingerprint density at radius 3 is 2.31 bits per heavy atom. The third-order valence-corrected chi connectivity index (χ3v) is 9.31. The van der Waals surface area contributed by atoms with Gasteiger partial charge in [-0.3, -0.25) is 4.79 Å². The zero-order chi connectivity index (χ0) is 25.0. The van der Waals surface area contributed by atoms with Crippen molar-refractivity contribution in [1.82, 2.24) is 9.21 Å². The van der Waals surface area contributed by atoms with Crippen molar-refractivity contribution in [3.63, 3.8) is 0 Å². The second-order valence-electron chi connectivity index (χ2n) is 8.33. The van der Waals surface area contributed by atoms with Crippen molar-refractivity contribution in [2.75, 3.05) is 26.2 Å². The van der Waals surface area contributed by atoms with Crippen molar-refractivity contribution in [2.24, 2.45) is 0 Å². The van der Waals surface area contributed by atoms with Crippen molar-refractivity contribution < 1.29 is 17.9 Å². The van der Waals surface area contributed by atoms with Crippen molar-refractivity contribution in [1.29, 1.82) is 0 Å². The molecule has 1 saturated heterocycles. The minimum atomic E-state index is -3.68. The summed E-state index contributed by atoms with van der Waals surface area (Å²) >= 11 is 6.67. The molecule has 3 aromatic rings. The molecule has 1 unspecified atom stereocenters. The number of halogens is 2. The van der Waals surface area contributed by atoms with Crippen LogP contribution in [-0.4, -0.2) is 55.8 Å². The quantitative estimate of drug-likeness (QED) is 0.368. The van der Waals surface area contributed by atoms with Crippen molar-refractivity contribution >= 4 is 47.8 Å². The molecule has 1 aliphatic heterocycles. The summed E-state index contributed by atoms with van der Waals surface area (Å²) < 4.78 is 35.0. The topological polar surface area (TPSA) is 66.9 Å². The molecule has 1 aliphatic rings. The lowest BCUT2D eigenvalue weighted by molar-refractivity contribution is -0.139. The third-order valence-electron chi connectivity index (χ3n) is 5.92. The lowest BCUT2D eigenvalue weighted by Crippen LogP contribution is -2.53. The van der Waals surface area contributed by atoms with Gasteiger partial charge in [0.05, 0.1) is 4.90 Å². The first-order chi connectivity index (χ1) is 16.8. The normalized spacial score (nSPS) is 15.6. The zero-order valence-corrected chi connectivity index (χ0v) is 23.2. The first kappa shape index (κ1) is 25.9. The average molecular weight is 622 g/mol. The van der Waals surface area contributed by atoms with Crippen LogP contribution in [0.2, 0.25) is 0 Å². The zero-order valence-electron chi connectivity index (χ0n) is 19.2. The molecule has 1 heterocycles. The van der Waals surface area contributed by atoms with E-state index in [0.717, 1.165) is 11.1 Å². The molecule has 0 radical (unpaired) electrons. The van der Waals surface area contributed by atoms with Crippen LogP contribution in [0.1, 0.15) is 18.1 Å². The standard InChI is InChI=1S/C26H26Br2N2O4S/c1-19(34-24-10-6-5-9-21(24)17-20-7-3-2-4-8-20)26(31)29-13-15-30(16-14-29)35(32,33)25-18-22(27)11-12-23(25)28/h2-12,18-19H,13-17H2,1H3. The van der Waals surface area contributed by atoms with Gasteiger partial charge in [0.2, 0.25) is 10.0 Å². The van der Waals surface area contributed by atoms with E-state index < -0.39 is 16.1 Å². The molecule has 4 rings (SSSR count). The second kappa shape index (κ2) is 11.2. The summed E-state index contributed by atoms with van der Waals surface area (Å²) in [4.78, 5) is 15.0. The number of hydrogen-bond donors (Lipinski definition) is 0. The molecule has 0 N–H and O–H groups in total. The largest absolute Gasteiger partial charge is 0.481 e. The molecule has 1 fully saturated rings. The number of sulfonamides is 1. The molecule has 0 aliphatic carbocycles. The van der Waals surface area contributed by atoms with Crippen LogP contribution in [-0.2, 0) is 21.2 Å². The number of amides is 1. The average Bonchev–Trinajstić information content (AvgIpc) is 2.87. The van der Waals surface area contributed by atoms with Crippen molar-refractivity contribution in [3.8, 4) is 5.75 Å². The Hall–Kier alpha value is -2.20. The minimum Gasteiger partial charge on any atom is -0.481 e. The van der Waals surface area contributed by atoms with E-state index in [2.05, 4.69) is 44.0 Å². The summed E-state index contributed by atoms with van der Waals surface area (Å²) in [5.41, 5.74) is 2.17. The molecule has 0 aromatic heterocycles. The van der Waals surface area contributed by atoms with Gasteiger partial charge in [-0.25, -0.2) is 8.42 Å². The van der Waals surface area contributed by atoms with E-state index in [1.54, 1.807) is 30.0 Å². The van der Waals surface area contributed by atoms with Gasteiger partial charge in [-0.05, 0) is 58.2 Å². The number of piperazine rings is 1. The molecular weight excluding hydrogens is 596 g/mol. The second-order valence-corrected chi connectivity index (χ2v) is 12.0. The van der Waals surface area contributed by atoms with Gasteiger partial charge in [0.15, 0.2) is 6.10 Å². The summed E-state index contributed by atoms with van der Waals surface area (Å²) in [6, 6.07) is 22.9. The lowest BCUT2D eigenvalue weighted by atomic mass is 10.0. The molecule has 184 valence electrons. The van der Waals surface area contributed by atoms with E-state index in [1.165, 1.54) is 4.31 Å². The third kappa shape index (κ3) is 6.14.